The van der Waals surface area contributed by atoms with E-state index in [-0.39, 0.29) is 0 Å². The molecule has 1 fully saturated rings. The number of hydrogen-bond donors (Lipinski definition) is 0. The molecule has 0 radical (unpaired) electrons. The van der Waals surface area contributed by atoms with Crippen LogP contribution in [0.3, 0.4) is 0 Å². The van der Waals surface area contributed by atoms with Gasteiger partial charge in [-0.25, -0.2) is 0 Å². The van der Waals surface area contributed by atoms with E-state index in [0.717, 1.165) is 45.5 Å². The van der Waals surface area contributed by atoms with Crippen LogP contribution in [0.2, 0.25) is 0 Å². The zero-order chi connectivity index (χ0) is 11.5. The van der Waals surface area contributed by atoms with Crippen LogP contribution >= 0.6 is 0 Å². The molecule has 1 atom stereocenters. The van der Waals surface area contributed by atoms with Gasteiger partial charge < -0.3 is 14.2 Å². The Labute approximate surface area is 97.5 Å². The van der Waals surface area contributed by atoms with E-state index in [0.29, 0.717) is 25.7 Å². The number of nitrogens with zero attached hydrogens (tertiary/aromatic N) is 1. The first kappa shape index (κ1) is 13.4. The van der Waals surface area contributed by atoms with E-state index in [9.17, 15) is 0 Å². The first-order chi connectivity index (χ1) is 7.93. The fraction of sp³-hybridized carbons (Fsp3) is 0.917. The van der Waals surface area contributed by atoms with Gasteiger partial charge in [0.1, 0.15) is 0 Å². The lowest BCUT2D eigenvalue weighted by molar-refractivity contribution is 0.00918. The summed E-state index contributed by atoms with van der Waals surface area (Å²) in [5.74, 6) is 0. The van der Waals surface area contributed by atoms with Gasteiger partial charge in [-0.1, -0.05) is 0 Å². The molecule has 0 spiro atoms. The van der Waals surface area contributed by atoms with E-state index in [1.54, 1.807) is 0 Å². The number of hydrogen-bond acceptors (Lipinski definition) is 4. The molecule has 0 aliphatic carbocycles. The van der Waals surface area contributed by atoms with Crippen LogP contribution < -0.4 is 0 Å². The topological polar surface area (TPSA) is 51.5 Å². The van der Waals surface area contributed by atoms with E-state index in [2.05, 4.69) is 6.07 Å². The molecule has 92 valence electrons. The Hall–Kier alpha value is -0.630. The number of rotatable bonds is 9. The molecular weight excluding hydrogens is 206 g/mol. The third kappa shape index (κ3) is 6.78. The molecule has 16 heavy (non-hydrogen) atoms. The normalized spacial score (nSPS) is 19.8. The van der Waals surface area contributed by atoms with Crippen LogP contribution in [0.25, 0.3) is 0 Å². The molecule has 0 N–H and O–H groups in total. The van der Waals surface area contributed by atoms with Crippen LogP contribution in [-0.2, 0) is 14.2 Å². The summed E-state index contributed by atoms with van der Waals surface area (Å²) in [7, 11) is 0. The zero-order valence-electron chi connectivity index (χ0n) is 9.82. The minimum atomic E-state index is 0.316. The molecule has 0 bridgehead atoms. The van der Waals surface area contributed by atoms with Gasteiger partial charge >= 0.3 is 0 Å². The summed E-state index contributed by atoms with van der Waals surface area (Å²) in [6.07, 6.45) is 4.93. The van der Waals surface area contributed by atoms with Crippen LogP contribution in [0.1, 0.15) is 32.1 Å². The molecule has 4 heteroatoms. The minimum Gasteiger partial charge on any atom is -0.381 e. The largest absolute Gasteiger partial charge is 0.381 e. The van der Waals surface area contributed by atoms with Crippen LogP contribution in [0, 0.1) is 11.3 Å². The molecule has 1 aliphatic rings. The molecule has 1 heterocycles. The Balaban J connectivity index is 1.73. The van der Waals surface area contributed by atoms with Crippen LogP contribution in [0.4, 0.5) is 0 Å². The zero-order valence-corrected chi connectivity index (χ0v) is 9.82. The summed E-state index contributed by atoms with van der Waals surface area (Å²) in [6, 6.07) is 2.09. The number of nitriles is 1. The van der Waals surface area contributed by atoms with Gasteiger partial charge in [0.25, 0.3) is 0 Å². The molecule has 0 aromatic carbocycles. The van der Waals surface area contributed by atoms with Gasteiger partial charge in [-0.3, -0.25) is 0 Å². The Kier molecular flexibility index (Phi) is 8.05. The standard InChI is InChI=1S/C12H21NO3/c13-6-1-2-7-14-8-4-9-15-11-12-5-3-10-16-12/h12H,1-5,7-11H2. The van der Waals surface area contributed by atoms with E-state index in [1.165, 1.54) is 0 Å². The van der Waals surface area contributed by atoms with Crippen molar-refractivity contribution in [3.8, 4) is 6.07 Å². The third-order valence-corrected chi connectivity index (χ3v) is 2.48. The highest BCUT2D eigenvalue weighted by molar-refractivity contribution is 4.67. The van der Waals surface area contributed by atoms with Crippen molar-refractivity contribution in [2.45, 2.75) is 38.2 Å². The van der Waals surface area contributed by atoms with Crippen molar-refractivity contribution >= 4 is 0 Å². The van der Waals surface area contributed by atoms with Crippen molar-refractivity contribution in [3.63, 3.8) is 0 Å². The summed E-state index contributed by atoms with van der Waals surface area (Å²) in [4.78, 5) is 0. The molecule has 4 nitrogen and oxygen atoms in total. The van der Waals surface area contributed by atoms with Gasteiger partial charge in [-0.05, 0) is 25.7 Å². The summed E-state index contributed by atoms with van der Waals surface area (Å²) >= 11 is 0. The highest BCUT2D eigenvalue weighted by Gasteiger charge is 2.14. The molecule has 0 saturated carbocycles. The van der Waals surface area contributed by atoms with Crippen LogP contribution in [0.5, 0.6) is 0 Å². The second-order valence-electron chi connectivity index (χ2n) is 3.94. The molecule has 0 amide bonds. The van der Waals surface area contributed by atoms with Gasteiger partial charge in [0.05, 0.1) is 18.8 Å². The van der Waals surface area contributed by atoms with Crippen LogP contribution in [0.15, 0.2) is 0 Å². The van der Waals surface area contributed by atoms with E-state index in [4.69, 9.17) is 19.5 Å². The van der Waals surface area contributed by atoms with Gasteiger partial charge in [0, 0.05) is 32.8 Å². The monoisotopic (exact) mass is 227 g/mol. The third-order valence-electron chi connectivity index (χ3n) is 2.48. The van der Waals surface area contributed by atoms with E-state index in [1.807, 2.05) is 0 Å². The average Bonchev–Trinajstić information content (AvgIpc) is 2.80. The van der Waals surface area contributed by atoms with Gasteiger partial charge in [-0.2, -0.15) is 5.26 Å². The Morgan fingerprint density at radius 3 is 2.75 bits per heavy atom. The molecule has 1 rings (SSSR count). The Morgan fingerprint density at radius 2 is 2.00 bits per heavy atom. The summed E-state index contributed by atoms with van der Waals surface area (Å²) in [6.45, 7) is 3.73. The lowest BCUT2D eigenvalue weighted by Gasteiger charge is -2.09. The van der Waals surface area contributed by atoms with Crippen molar-refractivity contribution in [2.75, 3.05) is 33.0 Å². The molecular formula is C12H21NO3. The van der Waals surface area contributed by atoms with Gasteiger partial charge in [0.2, 0.25) is 0 Å². The predicted molar refractivity (Wildman–Crippen MR) is 60.1 cm³/mol. The quantitative estimate of drug-likeness (QED) is 0.564. The van der Waals surface area contributed by atoms with Gasteiger partial charge in [0.15, 0.2) is 0 Å². The maximum atomic E-state index is 8.31. The maximum absolute atomic E-state index is 8.31. The molecule has 0 aromatic heterocycles. The molecule has 0 aromatic rings. The van der Waals surface area contributed by atoms with E-state index >= 15 is 0 Å². The summed E-state index contributed by atoms with van der Waals surface area (Å²) in [5, 5.41) is 8.31. The fourth-order valence-electron chi connectivity index (χ4n) is 1.61. The molecule has 1 unspecified atom stereocenters. The second-order valence-corrected chi connectivity index (χ2v) is 3.94. The fourth-order valence-corrected chi connectivity index (χ4v) is 1.61. The molecule has 1 aliphatic heterocycles. The second kappa shape index (κ2) is 9.59. The summed E-state index contributed by atoms with van der Waals surface area (Å²) < 4.78 is 16.3. The highest BCUT2D eigenvalue weighted by Crippen LogP contribution is 2.11. The van der Waals surface area contributed by atoms with Crippen molar-refractivity contribution < 1.29 is 14.2 Å². The van der Waals surface area contributed by atoms with Crippen molar-refractivity contribution in [1.29, 1.82) is 5.26 Å². The highest BCUT2D eigenvalue weighted by atomic mass is 16.5. The number of unbranched alkanes of at least 4 members (excludes halogenated alkanes) is 1. The first-order valence-electron chi connectivity index (χ1n) is 6.07. The molecule has 1 saturated heterocycles. The smallest absolute Gasteiger partial charge is 0.0809 e. The summed E-state index contributed by atoms with van der Waals surface area (Å²) in [5.41, 5.74) is 0. The lowest BCUT2D eigenvalue weighted by Crippen LogP contribution is -2.15. The Morgan fingerprint density at radius 1 is 1.19 bits per heavy atom. The first-order valence-corrected chi connectivity index (χ1v) is 6.07. The van der Waals surface area contributed by atoms with E-state index < -0.39 is 0 Å². The number of ether oxygens (including phenoxy) is 3. The lowest BCUT2D eigenvalue weighted by atomic mass is 10.2. The average molecular weight is 227 g/mol. The minimum absolute atomic E-state index is 0.316. The predicted octanol–water partition coefficient (Wildman–Crippen LogP) is 1.89. The van der Waals surface area contributed by atoms with Crippen molar-refractivity contribution in [2.24, 2.45) is 0 Å². The van der Waals surface area contributed by atoms with Crippen molar-refractivity contribution in [1.82, 2.24) is 0 Å². The van der Waals surface area contributed by atoms with Crippen LogP contribution in [-0.4, -0.2) is 39.1 Å². The SMILES string of the molecule is N#CCCCOCCCOCC1CCCO1. The Bertz CT molecular complexity index is 197. The van der Waals surface area contributed by atoms with Crippen molar-refractivity contribution in [3.05, 3.63) is 0 Å². The maximum Gasteiger partial charge on any atom is 0.0809 e. The van der Waals surface area contributed by atoms with Gasteiger partial charge in [-0.15, -0.1) is 0 Å².